The summed E-state index contributed by atoms with van der Waals surface area (Å²) in [6.45, 7) is 5.57. The van der Waals surface area contributed by atoms with Gasteiger partial charge in [0.25, 0.3) is 0 Å². The number of aryl methyl sites for hydroxylation is 2. The van der Waals surface area contributed by atoms with E-state index in [0.717, 1.165) is 42.5 Å². The Hall–Kier alpha value is -5.07. The van der Waals surface area contributed by atoms with E-state index in [4.69, 9.17) is 5.73 Å². The molecule has 4 aromatic heterocycles. The standard InChI is InChI=1S/C16H14N4OS.C14H13N5S/c1-10-9-18-15(22-10)14-6-7-17-16(20-14)19-13-5-3-4-12(8-13)11(2)21;1-9-8-17-13(20-9)12-5-6-16-14(19-12)18-11-4-2-3-10(15)7-11/h3-9H,1-2H3,(H,17,19,20);2-8H,15H2,1H3,(H,16,18,19). The van der Waals surface area contributed by atoms with Crippen LogP contribution in [0.3, 0.4) is 0 Å². The summed E-state index contributed by atoms with van der Waals surface area (Å²) in [5, 5.41) is 8.01. The van der Waals surface area contributed by atoms with E-state index >= 15 is 0 Å². The lowest BCUT2D eigenvalue weighted by Crippen LogP contribution is -1.99. The van der Waals surface area contributed by atoms with Gasteiger partial charge in [-0.15, -0.1) is 22.7 Å². The number of carbonyl (C=O) groups excluding carboxylic acids is 1. The van der Waals surface area contributed by atoms with Crippen LogP contribution in [0.2, 0.25) is 0 Å². The van der Waals surface area contributed by atoms with Crippen molar-refractivity contribution < 1.29 is 4.79 Å². The zero-order valence-corrected chi connectivity index (χ0v) is 24.7. The Morgan fingerprint density at radius 2 is 1.24 bits per heavy atom. The molecule has 42 heavy (non-hydrogen) atoms. The summed E-state index contributed by atoms with van der Waals surface area (Å²) >= 11 is 3.20. The number of anilines is 5. The van der Waals surface area contributed by atoms with Crippen LogP contribution in [0.5, 0.6) is 0 Å². The van der Waals surface area contributed by atoms with Crippen molar-refractivity contribution in [1.29, 1.82) is 0 Å². The lowest BCUT2D eigenvalue weighted by molar-refractivity contribution is 0.101. The lowest BCUT2D eigenvalue weighted by Gasteiger charge is -2.06. The van der Waals surface area contributed by atoms with Gasteiger partial charge in [-0.3, -0.25) is 4.79 Å². The molecule has 0 radical (unpaired) electrons. The molecule has 0 saturated carbocycles. The van der Waals surface area contributed by atoms with E-state index < -0.39 is 0 Å². The third kappa shape index (κ3) is 7.56. The second kappa shape index (κ2) is 13.1. The Morgan fingerprint density at radius 1 is 0.714 bits per heavy atom. The lowest BCUT2D eigenvalue weighted by atomic mass is 10.1. The van der Waals surface area contributed by atoms with Crippen molar-refractivity contribution >= 4 is 57.4 Å². The number of thiazole rings is 2. The van der Waals surface area contributed by atoms with Crippen molar-refractivity contribution in [3.8, 4) is 21.4 Å². The van der Waals surface area contributed by atoms with E-state index in [1.165, 1.54) is 0 Å². The number of hydrogen-bond donors (Lipinski definition) is 3. The molecule has 10 nitrogen and oxygen atoms in total. The number of carbonyl (C=O) groups is 1. The predicted octanol–water partition coefficient (Wildman–Crippen LogP) is 7.09. The van der Waals surface area contributed by atoms with Crippen molar-refractivity contribution in [3.63, 3.8) is 0 Å². The van der Waals surface area contributed by atoms with Crippen LogP contribution >= 0.6 is 22.7 Å². The molecule has 0 fully saturated rings. The first-order chi connectivity index (χ1) is 20.3. The molecule has 0 atom stereocenters. The number of nitrogens with two attached hydrogens (primary N) is 1. The van der Waals surface area contributed by atoms with Gasteiger partial charge in [0.15, 0.2) is 5.78 Å². The average Bonchev–Trinajstić information content (AvgIpc) is 3.62. The number of hydrogen-bond acceptors (Lipinski definition) is 12. The Morgan fingerprint density at radius 3 is 1.71 bits per heavy atom. The molecule has 0 unspecified atom stereocenters. The van der Waals surface area contributed by atoms with Gasteiger partial charge < -0.3 is 16.4 Å². The summed E-state index contributed by atoms with van der Waals surface area (Å²) in [6.07, 6.45) is 7.07. The fourth-order valence-corrected chi connectivity index (χ4v) is 5.18. The summed E-state index contributed by atoms with van der Waals surface area (Å²) in [6, 6.07) is 18.4. The van der Waals surface area contributed by atoms with Crippen LogP contribution in [0.25, 0.3) is 21.4 Å². The SMILES string of the molecule is CC(=O)c1cccc(Nc2nccc(-c3ncc(C)s3)n2)c1.Cc1cnc(-c2ccnc(Nc3cccc(N)c3)n2)s1. The summed E-state index contributed by atoms with van der Waals surface area (Å²) in [7, 11) is 0. The van der Waals surface area contributed by atoms with E-state index in [1.807, 2.05) is 74.8 Å². The van der Waals surface area contributed by atoms with Gasteiger partial charge in [0.1, 0.15) is 21.4 Å². The van der Waals surface area contributed by atoms with E-state index in [9.17, 15) is 4.79 Å². The molecule has 0 spiro atoms. The minimum absolute atomic E-state index is 0.0246. The molecule has 0 aliphatic heterocycles. The monoisotopic (exact) mass is 593 g/mol. The Kier molecular flexibility index (Phi) is 8.85. The van der Waals surface area contributed by atoms with Gasteiger partial charge in [0.05, 0.1) is 0 Å². The molecule has 0 aliphatic rings. The highest BCUT2D eigenvalue weighted by molar-refractivity contribution is 7.15. The zero-order chi connectivity index (χ0) is 29.5. The topological polar surface area (TPSA) is 144 Å². The fraction of sp³-hybridized carbons (Fsp3) is 0.100. The van der Waals surface area contributed by atoms with Crippen molar-refractivity contribution in [2.45, 2.75) is 20.8 Å². The molecule has 12 heteroatoms. The minimum atomic E-state index is 0.0246. The third-order valence-electron chi connectivity index (χ3n) is 5.66. The second-order valence-corrected chi connectivity index (χ2v) is 11.6. The van der Waals surface area contributed by atoms with Gasteiger partial charge in [-0.05, 0) is 63.2 Å². The van der Waals surface area contributed by atoms with Crippen LogP contribution < -0.4 is 16.4 Å². The van der Waals surface area contributed by atoms with Crippen LogP contribution in [0.1, 0.15) is 27.0 Å². The summed E-state index contributed by atoms with van der Waals surface area (Å²) in [5.41, 5.74) is 10.3. The van der Waals surface area contributed by atoms with Crippen molar-refractivity contribution in [1.82, 2.24) is 29.9 Å². The van der Waals surface area contributed by atoms with Gasteiger partial charge >= 0.3 is 0 Å². The predicted molar refractivity (Wildman–Crippen MR) is 170 cm³/mol. The first-order valence-corrected chi connectivity index (χ1v) is 14.5. The average molecular weight is 594 g/mol. The largest absolute Gasteiger partial charge is 0.399 e. The molecule has 0 bridgehead atoms. The number of nitrogens with zero attached hydrogens (tertiary/aromatic N) is 6. The van der Waals surface area contributed by atoms with Gasteiger partial charge in [-0.25, -0.2) is 29.9 Å². The molecule has 0 saturated heterocycles. The maximum Gasteiger partial charge on any atom is 0.227 e. The fourth-order valence-electron chi connectivity index (χ4n) is 3.71. The quantitative estimate of drug-likeness (QED) is 0.130. The highest BCUT2D eigenvalue weighted by atomic mass is 32.1. The van der Waals surface area contributed by atoms with E-state index in [0.29, 0.717) is 23.1 Å². The minimum Gasteiger partial charge on any atom is -0.399 e. The molecule has 6 rings (SSSR count). The molecule has 210 valence electrons. The number of Topliss-reactive ketones (excluding diaryl/α,β-unsaturated/α-hetero) is 1. The Bertz CT molecular complexity index is 1830. The number of ketones is 1. The van der Waals surface area contributed by atoms with E-state index in [1.54, 1.807) is 54.1 Å². The molecular weight excluding hydrogens is 567 g/mol. The van der Waals surface area contributed by atoms with Crippen molar-refractivity contribution in [2.75, 3.05) is 16.4 Å². The second-order valence-electron chi connectivity index (χ2n) is 9.10. The van der Waals surface area contributed by atoms with Crippen LogP contribution in [0.4, 0.5) is 29.0 Å². The molecule has 4 N–H and O–H groups in total. The molecular formula is C30H27N9OS2. The molecule has 0 amide bonds. The van der Waals surface area contributed by atoms with Gasteiger partial charge in [-0.2, -0.15) is 0 Å². The maximum absolute atomic E-state index is 11.4. The van der Waals surface area contributed by atoms with Gasteiger partial charge in [-0.1, -0.05) is 18.2 Å². The number of benzene rings is 2. The Labute approximate surface area is 250 Å². The highest BCUT2D eigenvalue weighted by Crippen LogP contribution is 2.25. The maximum atomic E-state index is 11.4. The third-order valence-corrected chi connectivity index (χ3v) is 7.53. The van der Waals surface area contributed by atoms with Crippen LogP contribution in [0.15, 0.2) is 85.5 Å². The Balaban J connectivity index is 0.000000169. The summed E-state index contributed by atoms with van der Waals surface area (Å²) in [5.74, 6) is 1.03. The summed E-state index contributed by atoms with van der Waals surface area (Å²) < 4.78 is 0. The van der Waals surface area contributed by atoms with Crippen molar-refractivity contribution in [2.24, 2.45) is 0 Å². The number of aromatic nitrogens is 6. The smallest absolute Gasteiger partial charge is 0.227 e. The van der Waals surface area contributed by atoms with Crippen molar-refractivity contribution in [3.05, 3.63) is 101 Å². The first kappa shape index (κ1) is 28.5. The molecule has 2 aromatic carbocycles. The summed E-state index contributed by atoms with van der Waals surface area (Å²) in [4.78, 5) is 39.7. The van der Waals surface area contributed by atoms with E-state index in [2.05, 4.69) is 40.5 Å². The number of rotatable bonds is 7. The highest BCUT2D eigenvalue weighted by Gasteiger charge is 2.08. The number of nitrogens with one attached hydrogen (secondary N) is 2. The molecule has 6 aromatic rings. The van der Waals surface area contributed by atoms with Crippen LogP contribution in [-0.2, 0) is 0 Å². The van der Waals surface area contributed by atoms with Gasteiger partial charge in [0, 0.05) is 57.2 Å². The van der Waals surface area contributed by atoms with Crippen LogP contribution in [-0.4, -0.2) is 35.7 Å². The normalized spacial score (nSPS) is 10.5. The van der Waals surface area contributed by atoms with Gasteiger partial charge in [0.2, 0.25) is 11.9 Å². The molecule has 4 heterocycles. The first-order valence-electron chi connectivity index (χ1n) is 12.8. The van der Waals surface area contributed by atoms with E-state index in [-0.39, 0.29) is 5.78 Å². The molecule has 0 aliphatic carbocycles. The number of nitrogen functional groups attached to an aromatic ring is 1. The van der Waals surface area contributed by atoms with Crippen LogP contribution in [0, 0.1) is 13.8 Å². The zero-order valence-electron chi connectivity index (χ0n) is 23.1.